The number of carbonyl (C=O) groups is 1. The number of nitrogens with one attached hydrogen (secondary N) is 1. The minimum atomic E-state index is -0.652. The van der Waals surface area contributed by atoms with E-state index in [2.05, 4.69) is 5.32 Å². The molecule has 0 aliphatic carbocycles. The van der Waals surface area contributed by atoms with Crippen molar-refractivity contribution >= 4 is 16.8 Å². The third-order valence-corrected chi connectivity index (χ3v) is 6.11. The molecule has 4 aromatic rings. The Hall–Kier alpha value is -4.67. The van der Waals surface area contributed by atoms with Crippen LogP contribution in [-0.4, -0.2) is 50.0 Å². The van der Waals surface area contributed by atoms with E-state index in [4.69, 9.17) is 23.4 Å². The van der Waals surface area contributed by atoms with Crippen molar-refractivity contribution in [3.63, 3.8) is 0 Å². The Balaban J connectivity index is 1.63. The molecule has 0 saturated heterocycles. The molecular formula is C27H29N3O8. The molecule has 1 N–H and O–H groups in total. The molecule has 2 heterocycles. The zero-order chi connectivity index (χ0) is 27.2. The number of furan rings is 1. The fourth-order valence-corrected chi connectivity index (χ4v) is 4.18. The predicted molar refractivity (Wildman–Crippen MR) is 140 cm³/mol. The average molecular weight is 524 g/mol. The van der Waals surface area contributed by atoms with Crippen LogP contribution in [-0.2, 0) is 24.3 Å². The molecule has 0 atom stereocenters. The summed E-state index contributed by atoms with van der Waals surface area (Å²) in [7, 11) is 6.02. The topological polar surface area (TPSA) is 123 Å². The first kappa shape index (κ1) is 26.4. The summed E-state index contributed by atoms with van der Waals surface area (Å²) in [6.07, 6.45) is 1.99. The Kier molecular flexibility index (Phi) is 8.05. The van der Waals surface area contributed by atoms with E-state index in [1.54, 1.807) is 32.4 Å². The van der Waals surface area contributed by atoms with Gasteiger partial charge in [0.1, 0.15) is 12.3 Å². The molecular weight excluding hydrogens is 494 g/mol. The van der Waals surface area contributed by atoms with Gasteiger partial charge in [-0.2, -0.15) is 0 Å². The lowest BCUT2D eigenvalue weighted by atomic mass is 10.1. The highest BCUT2D eigenvalue weighted by Crippen LogP contribution is 2.30. The van der Waals surface area contributed by atoms with E-state index in [0.29, 0.717) is 41.7 Å². The Morgan fingerprint density at radius 2 is 1.55 bits per heavy atom. The predicted octanol–water partition coefficient (Wildman–Crippen LogP) is 2.20. The molecule has 0 spiro atoms. The maximum atomic E-state index is 13.5. The van der Waals surface area contributed by atoms with Gasteiger partial charge >= 0.3 is 5.69 Å². The van der Waals surface area contributed by atoms with Crippen LogP contribution in [0.2, 0.25) is 0 Å². The van der Waals surface area contributed by atoms with Gasteiger partial charge in [0.25, 0.3) is 5.56 Å². The van der Waals surface area contributed by atoms with Crippen LogP contribution >= 0.6 is 0 Å². The highest BCUT2D eigenvalue weighted by Gasteiger charge is 2.19. The molecule has 0 aliphatic rings. The number of methoxy groups -OCH3 is 4. The van der Waals surface area contributed by atoms with E-state index < -0.39 is 17.2 Å². The van der Waals surface area contributed by atoms with Gasteiger partial charge in [-0.3, -0.25) is 18.7 Å². The minimum absolute atomic E-state index is 0.0874. The van der Waals surface area contributed by atoms with Gasteiger partial charge in [-0.15, -0.1) is 0 Å². The van der Waals surface area contributed by atoms with E-state index in [1.807, 2.05) is 12.1 Å². The van der Waals surface area contributed by atoms with Gasteiger partial charge in [0.05, 0.1) is 52.2 Å². The third kappa shape index (κ3) is 5.36. The lowest BCUT2D eigenvalue weighted by Crippen LogP contribution is -2.43. The Bertz CT molecular complexity index is 1550. The number of fused-ring (bicyclic) bond motifs is 1. The van der Waals surface area contributed by atoms with Crippen molar-refractivity contribution in [1.29, 1.82) is 0 Å². The summed E-state index contributed by atoms with van der Waals surface area (Å²) in [4.78, 5) is 39.7. The molecule has 0 bridgehead atoms. The first-order valence-corrected chi connectivity index (χ1v) is 11.8. The quantitative estimate of drug-likeness (QED) is 0.317. The largest absolute Gasteiger partial charge is 0.493 e. The molecule has 0 aliphatic heterocycles. The first-order chi connectivity index (χ1) is 18.4. The van der Waals surface area contributed by atoms with E-state index in [-0.39, 0.29) is 24.0 Å². The average Bonchev–Trinajstić information content (AvgIpc) is 3.45. The third-order valence-electron chi connectivity index (χ3n) is 6.11. The molecule has 2 aromatic carbocycles. The molecule has 0 radical (unpaired) electrons. The number of aromatic nitrogens is 2. The SMILES string of the molecule is COc1ccc(CCNC(=O)Cn2c(=O)n(Cc3ccco3)c(=O)c3cc(OC)c(OC)cc32)cc1OC. The van der Waals surface area contributed by atoms with Crippen LogP contribution < -0.4 is 35.5 Å². The standard InChI is InChI=1S/C27H29N3O8/c1-34-21-8-7-17(12-22(21)35-2)9-10-28-25(31)16-29-20-14-24(37-4)23(36-3)13-19(20)26(32)30(27(29)33)15-18-6-5-11-38-18/h5-8,11-14H,9-10,15-16H2,1-4H3,(H,28,31). The molecule has 11 heteroatoms. The van der Waals surface area contributed by atoms with Crippen LogP contribution in [0.3, 0.4) is 0 Å². The lowest BCUT2D eigenvalue weighted by Gasteiger charge is -2.16. The van der Waals surface area contributed by atoms with Gasteiger partial charge in [0.2, 0.25) is 5.91 Å². The first-order valence-electron chi connectivity index (χ1n) is 11.8. The number of amides is 1. The van der Waals surface area contributed by atoms with Crippen LogP contribution in [0.15, 0.2) is 62.7 Å². The van der Waals surface area contributed by atoms with Crippen LogP contribution in [0.1, 0.15) is 11.3 Å². The van der Waals surface area contributed by atoms with Crippen molar-refractivity contribution in [3.8, 4) is 23.0 Å². The summed E-state index contributed by atoms with van der Waals surface area (Å²) in [5, 5.41) is 3.04. The lowest BCUT2D eigenvalue weighted by molar-refractivity contribution is -0.121. The summed E-state index contributed by atoms with van der Waals surface area (Å²) < 4.78 is 28.9. The second kappa shape index (κ2) is 11.6. The fourth-order valence-electron chi connectivity index (χ4n) is 4.18. The second-order valence-electron chi connectivity index (χ2n) is 8.35. The van der Waals surface area contributed by atoms with Crippen molar-refractivity contribution in [1.82, 2.24) is 14.5 Å². The molecule has 38 heavy (non-hydrogen) atoms. The van der Waals surface area contributed by atoms with Crippen LogP contribution in [0.25, 0.3) is 10.9 Å². The van der Waals surface area contributed by atoms with Gasteiger partial charge in [0.15, 0.2) is 23.0 Å². The molecule has 0 unspecified atom stereocenters. The van der Waals surface area contributed by atoms with Gasteiger partial charge in [-0.25, -0.2) is 4.79 Å². The van der Waals surface area contributed by atoms with Crippen LogP contribution in [0.5, 0.6) is 23.0 Å². The maximum Gasteiger partial charge on any atom is 0.332 e. The zero-order valence-electron chi connectivity index (χ0n) is 21.6. The molecule has 11 nitrogen and oxygen atoms in total. The van der Waals surface area contributed by atoms with Gasteiger partial charge < -0.3 is 28.7 Å². The molecule has 0 saturated carbocycles. The summed E-state index contributed by atoms with van der Waals surface area (Å²) in [6, 6.07) is 11.9. The Labute approximate surface area is 218 Å². The van der Waals surface area contributed by atoms with Gasteiger partial charge in [-0.1, -0.05) is 6.07 Å². The smallest absolute Gasteiger partial charge is 0.332 e. The van der Waals surface area contributed by atoms with Crippen molar-refractivity contribution in [2.75, 3.05) is 35.0 Å². The molecule has 1 amide bonds. The van der Waals surface area contributed by atoms with Crippen LogP contribution in [0, 0.1) is 0 Å². The van der Waals surface area contributed by atoms with Gasteiger partial charge in [0, 0.05) is 12.6 Å². The highest BCUT2D eigenvalue weighted by molar-refractivity contribution is 5.84. The number of nitrogens with zero attached hydrogens (tertiary/aromatic N) is 2. The van der Waals surface area contributed by atoms with Crippen molar-refractivity contribution < 1.29 is 28.2 Å². The molecule has 2 aromatic heterocycles. The van der Waals surface area contributed by atoms with E-state index in [0.717, 1.165) is 10.1 Å². The number of hydrogen-bond acceptors (Lipinski definition) is 8. The number of rotatable bonds is 11. The zero-order valence-corrected chi connectivity index (χ0v) is 21.6. The normalized spacial score (nSPS) is 10.8. The van der Waals surface area contributed by atoms with Crippen molar-refractivity contribution in [3.05, 3.63) is 80.9 Å². The second-order valence-corrected chi connectivity index (χ2v) is 8.35. The Morgan fingerprint density at radius 3 is 2.21 bits per heavy atom. The summed E-state index contributed by atoms with van der Waals surface area (Å²) in [5.41, 5.74) is 0.00593. The summed E-state index contributed by atoms with van der Waals surface area (Å²) in [6.45, 7) is -0.0742. The maximum absolute atomic E-state index is 13.5. The Morgan fingerprint density at radius 1 is 0.868 bits per heavy atom. The molecule has 200 valence electrons. The summed E-state index contributed by atoms with van der Waals surface area (Å²) in [5.74, 6) is 1.89. The number of ether oxygens (including phenoxy) is 4. The molecule has 4 rings (SSSR count). The monoisotopic (exact) mass is 523 g/mol. The van der Waals surface area contributed by atoms with E-state index in [1.165, 1.54) is 37.2 Å². The number of hydrogen-bond donors (Lipinski definition) is 1. The van der Waals surface area contributed by atoms with Crippen molar-refractivity contribution in [2.24, 2.45) is 0 Å². The number of carbonyl (C=O) groups excluding carboxylic acids is 1. The van der Waals surface area contributed by atoms with Crippen LogP contribution in [0.4, 0.5) is 0 Å². The van der Waals surface area contributed by atoms with Gasteiger partial charge in [-0.05, 0) is 42.3 Å². The van der Waals surface area contributed by atoms with Crippen molar-refractivity contribution in [2.45, 2.75) is 19.5 Å². The van der Waals surface area contributed by atoms with E-state index in [9.17, 15) is 14.4 Å². The highest BCUT2D eigenvalue weighted by atomic mass is 16.5. The fraction of sp³-hybridized carbons (Fsp3) is 0.296. The minimum Gasteiger partial charge on any atom is -0.493 e. The molecule has 0 fully saturated rings. The number of benzene rings is 2. The van der Waals surface area contributed by atoms with E-state index >= 15 is 0 Å². The summed E-state index contributed by atoms with van der Waals surface area (Å²) >= 11 is 0.